The quantitative estimate of drug-likeness (QED) is 0.822. The lowest BCUT2D eigenvalue weighted by Crippen LogP contribution is -2.36. The summed E-state index contributed by atoms with van der Waals surface area (Å²) in [6.07, 6.45) is 0.227. The normalized spacial score (nSPS) is 20.7. The summed E-state index contributed by atoms with van der Waals surface area (Å²) in [6, 6.07) is 4.83. The third kappa shape index (κ3) is 2.94. The van der Waals surface area contributed by atoms with Crippen molar-refractivity contribution in [3.05, 3.63) is 38.9 Å². The Morgan fingerprint density at radius 1 is 1.38 bits per heavy atom. The minimum atomic E-state index is -0.307. The highest BCUT2D eigenvalue weighted by Gasteiger charge is 2.33. The molecule has 2 aliphatic heterocycles. The summed E-state index contributed by atoms with van der Waals surface area (Å²) in [6.45, 7) is 2.88. The highest BCUT2D eigenvalue weighted by atomic mass is 79.9. The number of morpholine rings is 1. The van der Waals surface area contributed by atoms with E-state index in [2.05, 4.69) is 31.1 Å². The molecule has 1 aromatic heterocycles. The van der Waals surface area contributed by atoms with E-state index in [1.807, 2.05) is 0 Å². The van der Waals surface area contributed by atoms with Gasteiger partial charge in [0, 0.05) is 29.9 Å². The number of nitrogens with one attached hydrogen (secondary N) is 1. The lowest BCUT2D eigenvalue weighted by Gasteiger charge is -2.26. The van der Waals surface area contributed by atoms with Crippen LogP contribution in [0.4, 0.5) is 15.3 Å². The van der Waals surface area contributed by atoms with E-state index in [-0.39, 0.29) is 24.1 Å². The van der Waals surface area contributed by atoms with Gasteiger partial charge in [-0.15, -0.1) is 0 Å². The Balaban J connectivity index is 1.74. The van der Waals surface area contributed by atoms with Gasteiger partial charge in [-0.05, 0) is 23.8 Å². The summed E-state index contributed by atoms with van der Waals surface area (Å²) in [5.41, 5.74) is 0.526. The van der Waals surface area contributed by atoms with Crippen LogP contribution in [0.3, 0.4) is 0 Å². The van der Waals surface area contributed by atoms with E-state index in [4.69, 9.17) is 4.74 Å². The summed E-state index contributed by atoms with van der Waals surface area (Å²) < 4.78 is 20.5. The molecule has 1 fully saturated rings. The first kappa shape index (κ1) is 16.0. The van der Waals surface area contributed by atoms with Crippen molar-refractivity contribution in [2.24, 2.45) is 0 Å². The second-order valence-corrected chi connectivity index (χ2v) is 7.70. The van der Waals surface area contributed by atoms with Crippen LogP contribution in [-0.4, -0.2) is 37.2 Å². The number of carbonyl (C=O) groups excluding carboxylic acids is 1. The zero-order valence-electron chi connectivity index (χ0n) is 12.7. The summed E-state index contributed by atoms with van der Waals surface area (Å²) in [5, 5.41) is 3.67. The van der Waals surface area contributed by atoms with E-state index in [1.165, 1.54) is 17.4 Å². The molecule has 1 unspecified atom stereocenters. The molecule has 5 nitrogen and oxygen atoms in total. The number of hydrogen-bond donors (Lipinski definition) is 1. The molecule has 2 aromatic rings. The van der Waals surface area contributed by atoms with Gasteiger partial charge in [-0.1, -0.05) is 27.3 Å². The van der Waals surface area contributed by atoms with Crippen molar-refractivity contribution in [1.82, 2.24) is 4.98 Å². The van der Waals surface area contributed by atoms with E-state index in [9.17, 15) is 9.18 Å². The van der Waals surface area contributed by atoms with Gasteiger partial charge in [0.05, 0.1) is 18.1 Å². The Kier molecular flexibility index (Phi) is 4.28. The monoisotopic (exact) mass is 411 g/mol. The predicted molar refractivity (Wildman–Crippen MR) is 94.3 cm³/mol. The van der Waals surface area contributed by atoms with Crippen LogP contribution in [0.15, 0.2) is 22.7 Å². The molecule has 2 aliphatic rings. The van der Waals surface area contributed by atoms with Gasteiger partial charge in [0.2, 0.25) is 5.91 Å². The lowest BCUT2D eigenvalue weighted by atomic mass is 9.91. The largest absolute Gasteiger partial charge is 0.378 e. The SMILES string of the molecule is O=C1CC(c2cc(Br)ccc2F)c2sc(N3CCOCC3)nc2N1. The van der Waals surface area contributed by atoms with Gasteiger partial charge in [-0.2, -0.15) is 0 Å². The molecule has 0 saturated carbocycles. The molecule has 0 spiro atoms. The molecule has 1 amide bonds. The minimum absolute atomic E-state index is 0.134. The summed E-state index contributed by atoms with van der Waals surface area (Å²) in [7, 11) is 0. The second kappa shape index (κ2) is 6.42. The molecule has 4 rings (SSSR count). The number of hydrogen-bond acceptors (Lipinski definition) is 5. The van der Waals surface area contributed by atoms with Gasteiger partial charge in [-0.3, -0.25) is 4.79 Å². The van der Waals surface area contributed by atoms with Crippen molar-refractivity contribution in [3.63, 3.8) is 0 Å². The Morgan fingerprint density at radius 2 is 2.17 bits per heavy atom. The number of halogens is 2. The molecule has 0 radical (unpaired) electrons. The van der Waals surface area contributed by atoms with Crippen molar-refractivity contribution in [3.8, 4) is 0 Å². The maximum atomic E-state index is 14.3. The highest BCUT2D eigenvalue weighted by molar-refractivity contribution is 9.10. The number of rotatable bonds is 2. The Hall–Kier alpha value is -1.51. The molecule has 1 saturated heterocycles. The van der Waals surface area contributed by atoms with Crippen LogP contribution in [0.25, 0.3) is 0 Å². The summed E-state index contributed by atoms with van der Waals surface area (Å²) in [4.78, 5) is 19.7. The number of carbonyl (C=O) groups is 1. The standard InChI is InChI=1S/C16H15BrFN3O2S/c17-9-1-2-12(18)10(7-9)11-8-13(22)19-15-14(11)24-16(20-15)21-3-5-23-6-4-21/h1-2,7,11H,3-6,8H2,(H,19,22). The number of benzene rings is 1. The maximum Gasteiger partial charge on any atom is 0.226 e. The first-order valence-corrected chi connectivity index (χ1v) is 9.31. The number of thiazole rings is 1. The van der Waals surface area contributed by atoms with Crippen molar-refractivity contribution < 1.29 is 13.9 Å². The van der Waals surface area contributed by atoms with Gasteiger partial charge in [0.1, 0.15) is 11.6 Å². The molecule has 0 aliphatic carbocycles. The molecule has 8 heteroatoms. The number of fused-ring (bicyclic) bond motifs is 1. The fourth-order valence-electron chi connectivity index (χ4n) is 3.03. The van der Waals surface area contributed by atoms with E-state index in [0.29, 0.717) is 24.6 Å². The molecule has 24 heavy (non-hydrogen) atoms. The van der Waals surface area contributed by atoms with Crippen LogP contribution in [0.5, 0.6) is 0 Å². The molecule has 1 aromatic carbocycles. The number of amides is 1. The van der Waals surface area contributed by atoms with Crippen LogP contribution >= 0.6 is 27.3 Å². The smallest absolute Gasteiger partial charge is 0.226 e. The molecule has 1 N–H and O–H groups in total. The molecule has 1 atom stereocenters. The Bertz CT molecular complexity index is 792. The summed E-state index contributed by atoms with van der Waals surface area (Å²) >= 11 is 4.91. The first-order chi connectivity index (χ1) is 11.6. The maximum absolute atomic E-state index is 14.3. The van der Waals surface area contributed by atoms with E-state index in [1.54, 1.807) is 12.1 Å². The molecular formula is C16H15BrFN3O2S. The predicted octanol–water partition coefficient (Wildman–Crippen LogP) is 3.36. The van der Waals surface area contributed by atoms with Gasteiger partial charge in [0.25, 0.3) is 0 Å². The number of anilines is 2. The lowest BCUT2D eigenvalue weighted by molar-refractivity contribution is -0.116. The third-order valence-corrected chi connectivity index (χ3v) is 5.94. The second-order valence-electron chi connectivity index (χ2n) is 5.78. The number of aromatic nitrogens is 1. The fourth-order valence-corrected chi connectivity index (χ4v) is 4.60. The topological polar surface area (TPSA) is 54.5 Å². The van der Waals surface area contributed by atoms with Gasteiger partial charge < -0.3 is 15.0 Å². The highest BCUT2D eigenvalue weighted by Crippen LogP contribution is 2.44. The van der Waals surface area contributed by atoms with Crippen LogP contribution in [0.2, 0.25) is 0 Å². The summed E-state index contributed by atoms with van der Waals surface area (Å²) in [5.74, 6) is -0.184. The van der Waals surface area contributed by atoms with Crippen molar-refractivity contribution in [2.75, 3.05) is 36.5 Å². The molecule has 3 heterocycles. The Labute approximate surface area is 151 Å². The first-order valence-electron chi connectivity index (χ1n) is 7.70. The van der Waals surface area contributed by atoms with Crippen molar-refractivity contribution >= 4 is 44.1 Å². The zero-order valence-corrected chi connectivity index (χ0v) is 15.1. The van der Waals surface area contributed by atoms with E-state index >= 15 is 0 Å². The fraction of sp³-hybridized carbons (Fsp3) is 0.375. The Morgan fingerprint density at radius 3 is 2.96 bits per heavy atom. The molecule has 0 bridgehead atoms. The van der Waals surface area contributed by atoms with Gasteiger partial charge >= 0.3 is 0 Å². The van der Waals surface area contributed by atoms with Crippen molar-refractivity contribution in [1.29, 1.82) is 0 Å². The minimum Gasteiger partial charge on any atom is -0.378 e. The van der Waals surface area contributed by atoms with Crippen LogP contribution in [0, 0.1) is 5.82 Å². The van der Waals surface area contributed by atoms with E-state index < -0.39 is 0 Å². The zero-order chi connectivity index (χ0) is 16.7. The van der Waals surface area contributed by atoms with Crippen LogP contribution < -0.4 is 10.2 Å². The van der Waals surface area contributed by atoms with E-state index in [0.717, 1.165) is 27.6 Å². The van der Waals surface area contributed by atoms with Crippen LogP contribution in [-0.2, 0) is 9.53 Å². The molecule has 126 valence electrons. The average Bonchev–Trinajstić information content (AvgIpc) is 3.01. The average molecular weight is 412 g/mol. The van der Waals surface area contributed by atoms with Gasteiger partial charge in [0.15, 0.2) is 5.13 Å². The third-order valence-electron chi connectivity index (χ3n) is 4.22. The van der Waals surface area contributed by atoms with Crippen molar-refractivity contribution in [2.45, 2.75) is 12.3 Å². The number of nitrogens with zero attached hydrogens (tertiary/aromatic N) is 2. The van der Waals surface area contributed by atoms with Crippen LogP contribution in [0.1, 0.15) is 22.8 Å². The number of ether oxygens (including phenoxy) is 1. The molecular weight excluding hydrogens is 397 g/mol. The van der Waals surface area contributed by atoms with Gasteiger partial charge in [-0.25, -0.2) is 9.37 Å².